The molecule has 1 aliphatic rings. The quantitative estimate of drug-likeness (QED) is 0.770. The van der Waals surface area contributed by atoms with Crippen molar-refractivity contribution in [2.45, 2.75) is 18.9 Å². The van der Waals surface area contributed by atoms with Crippen molar-refractivity contribution >= 4 is 28.7 Å². The summed E-state index contributed by atoms with van der Waals surface area (Å²) in [6.07, 6.45) is 1.66. The maximum absolute atomic E-state index is 11.7. The van der Waals surface area contributed by atoms with Gasteiger partial charge in [0.25, 0.3) is 0 Å². The normalized spacial score (nSPS) is 26.9. The zero-order chi connectivity index (χ0) is 9.42. The van der Waals surface area contributed by atoms with Gasteiger partial charge in [-0.1, -0.05) is 11.6 Å². The summed E-state index contributed by atoms with van der Waals surface area (Å²) in [6.45, 7) is 0. The number of rotatable bonds is 2. The van der Waals surface area contributed by atoms with Crippen molar-refractivity contribution in [3.63, 3.8) is 0 Å². The van der Waals surface area contributed by atoms with Gasteiger partial charge in [0.05, 0.1) is 9.21 Å². The van der Waals surface area contributed by atoms with E-state index in [-0.39, 0.29) is 17.7 Å². The molecule has 13 heavy (non-hydrogen) atoms. The third-order valence-electron chi connectivity index (χ3n) is 2.36. The summed E-state index contributed by atoms with van der Waals surface area (Å²) in [4.78, 5) is 12.4. The first kappa shape index (κ1) is 9.19. The van der Waals surface area contributed by atoms with Crippen LogP contribution in [-0.2, 0) is 0 Å². The number of nitrogens with two attached hydrogens (primary N) is 1. The zero-order valence-electron chi connectivity index (χ0n) is 7.00. The molecule has 2 rings (SSSR count). The van der Waals surface area contributed by atoms with Crippen molar-refractivity contribution in [3.05, 3.63) is 21.3 Å². The van der Waals surface area contributed by atoms with Crippen LogP contribution in [0.2, 0.25) is 4.34 Å². The average molecular weight is 216 g/mol. The summed E-state index contributed by atoms with van der Waals surface area (Å²) >= 11 is 7.09. The van der Waals surface area contributed by atoms with Crippen LogP contribution in [-0.4, -0.2) is 11.8 Å². The van der Waals surface area contributed by atoms with Gasteiger partial charge in [0.1, 0.15) is 0 Å². The summed E-state index contributed by atoms with van der Waals surface area (Å²) in [7, 11) is 0. The van der Waals surface area contributed by atoms with E-state index in [9.17, 15) is 4.79 Å². The molecule has 4 heteroatoms. The van der Waals surface area contributed by atoms with Crippen molar-refractivity contribution in [1.29, 1.82) is 0 Å². The van der Waals surface area contributed by atoms with Gasteiger partial charge in [-0.15, -0.1) is 11.3 Å². The molecule has 0 unspecified atom stereocenters. The minimum absolute atomic E-state index is 0.143. The van der Waals surface area contributed by atoms with Gasteiger partial charge in [-0.05, 0) is 25.0 Å². The molecule has 70 valence electrons. The fraction of sp³-hybridized carbons (Fsp3) is 0.444. The number of thiophene rings is 1. The van der Waals surface area contributed by atoms with E-state index >= 15 is 0 Å². The highest BCUT2D eigenvalue weighted by Gasteiger charge is 2.32. The Labute approximate surface area is 85.7 Å². The third-order valence-corrected chi connectivity index (χ3v) is 3.61. The van der Waals surface area contributed by atoms with Crippen LogP contribution in [0.1, 0.15) is 22.5 Å². The summed E-state index contributed by atoms with van der Waals surface area (Å²) in [5.74, 6) is 0.350. The summed E-state index contributed by atoms with van der Waals surface area (Å²) in [6, 6.07) is 3.78. The van der Waals surface area contributed by atoms with Crippen LogP contribution in [0.15, 0.2) is 12.1 Å². The number of halogens is 1. The summed E-state index contributed by atoms with van der Waals surface area (Å²) in [5, 5.41) is 0. The molecular weight excluding hydrogens is 206 g/mol. The second-order valence-corrected chi connectivity index (χ2v) is 5.11. The third kappa shape index (κ3) is 1.77. The Hall–Kier alpha value is -0.380. The first-order chi connectivity index (χ1) is 6.16. The van der Waals surface area contributed by atoms with Gasteiger partial charge in [0.15, 0.2) is 5.78 Å². The number of carbonyl (C=O) groups excluding carboxylic acids is 1. The molecule has 0 bridgehead atoms. The number of hydrogen-bond acceptors (Lipinski definition) is 3. The van der Waals surface area contributed by atoms with E-state index in [0.29, 0.717) is 4.34 Å². The highest BCUT2D eigenvalue weighted by atomic mass is 35.5. The molecule has 1 aromatic rings. The van der Waals surface area contributed by atoms with Gasteiger partial charge in [-0.2, -0.15) is 0 Å². The topological polar surface area (TPSA) is 43.1 Å². The predicted octanol–water partition coefficient (Wildman–Crippen LogP) is 2.32. The van der Waals surface area contributed by atoms with Crippen LogP contribution in [0.25, 0.3) is 0 Å². The molecule has 0 atom stereocenters. The monoisotopic (exact) mass is 215 g/mol. The van der Waals surface area contributed by atoms with E-state index < -0.39 is 0 Å². The molecule has 0 spiro atoms. The lowest BCUT2D eigenvalue weighted by atomic mass is 9.78. The number of ketones is 1. The lowest BCUT2D eigenvalue weighted by molar-refractivity contribution is 0.0837. The van der Waals surface area contributed by atoms with E-state index in [1.807, 2.05) is 0 Å². The van der Waals surface area contributed by atoms with Crippen molar-refractivity contribution in [1.82, 2.24) is 0 Å². The van der Waals surface area contributed by atoms with Crippen LogP contribution in [0, 0.1) is 5.92 Å². The van der Waals surface area contributed by atoms with Gasteiger partial charge in [0, 0.05) is 12.0 Å². The van der Waals surface area contributed by atoms with Gasteiger partial charge in [0.2, 0.25) is 0 Å². The highest BCUT2D eigenvalue weighted by molar-refractivity contribution is 7.18. The largest absolute Gasteiger partial charge is 0.328 e. The second-order valence-electron chi connectivity index (χ2n) is 3.40. The molecule has 1 aromatic heterocycles. The molecular formula is C9H10ClNOS. The summed E-state index contributed by atoms with van der Waals surface area (Å²) in [5.41, 5.74) is 5.62. The molecule has 2 N–H and O–H groups in total. The lowest BCUT2D eigenvalue weighted by Gasteiger charge is -2.30. The number of carbonyl (C=O) groups is 1. The van der Waals surface area contributed by atoms with E-state index in [1.54, 1.807) is 12.1 Å². The van der Waals surface area contributed by atoms with Gasteiger partial charge in [-0.25, -0.2) is 0 Å². The van der Waals surface area contributed by atoms with Crippen LogP contribution in [0.3, 0.4) is 0 Å². The molecule has 2 nitrogen and oxygen atoms in total. The Morgan fingerprint density at radius 1 is 1.54 bits per heavy atom. The standard InChI is InChI=1S/C9H10ClNOS/c10-8-2-1-7(13-8)9(12)5-3-6(11)4-5/h1-2,5-6H,3-4,11H2. The fourth-order valence-electron chi connectivity index (χ4n) is 1.52. The SMILES string of the molecule is NC1CC(C(=O)c2ccc(Cl)s2)C1. The molecule has 1 aliphatic carbocycles. The lowest BCUT2D eigenvalue weighted by Crippen LogP contribution is -2.40. The minimum atomic E-state index is 0.143. The molecule has 0 radical (unpaired) electrons. The van der Waals surface area contributed by atoms with Crippen molar-refractivity contribution in [2.24, 2.45) is 11.7 Å². The van der Waals surface area contributed by atoms with Crippen LogP contribution in [0.5, 0.6) is 0 Å². The smallest absolute Gasteiger partial charge is 0.176 e. The van der Waals surface area contributed by atoms with Crippen LogP contribution >= 0.6 is 22.9 Å². The summed E-state index contributed by atoms with van der Waals surface area (Å²) < 4.78 is 0.673. The number of hydrogen-bond donors (Lipinski definition) is 1. The Morgan fingerprint density at radius 2 is 2.23 bits per heavy atom. The van der Waals surface area contributed by atoms with E-state index in [1.165, 1.54) is 11.3 Å². The Morgan fingerprint density at radius 3 is 2.69 bits per heavy atom. The van der Waals surface area contributed by atoms with Crippen molar-refractivity contribution < 1.29 is 4.79 Å². The molecule has 0 aliphatic heterocycles. The first-order valence-corrected chi connectivity index (χ1v) is 5.41. The Balaban J connectivity index is 2.06. The predicted molar refractivity (Wildman–Crippen MR) is 54.4 cm³/mol. The first-order valence-electron chi connectivity index (χ1n) is 4.22. The van der Waals surface area contributed by atoms with Crippen molar-refractivity contribution in [3.8, 4) is 0 Å². The van der Waals surface area contributed by atoms with E-state index in [0.717, 1.165) is 17.7 Å². The molecule has 1 heterocycles. The fourth-order valence-corrected chi connectivity index (χ4v) is 2.59. The number of Topliss-reactive ketones (excluding diaryl/α,β-unsaturated/α-hetero) is 1. The molecule has 0 saturated heterocycles. The van der Waals surface area contributed by atoms with E-state index in [4.69, 9.17) is 17.3 Å². The van der Waals surface area contributed by atoms with Crippen LogP contribution in [0.4, 0.5) is 0 Å². The molecule has 1 saturated carbocycles. The van der Waals surface area contributed by atoms with Gasteiger partial charge >= 0.3 is 0 Å². The van der Waals surface area contributed by atoms with Gasteiger partial charge in [-0.3, -0.25) is 4.79 Å². The molecule has 1 fully saturated rings. The minimum Gasteiger partial charge on any atom is -0.328 e. The van der Waals surface area contributed by atoms with Crippen LogP contribution < -0.4 is 5.73 Å². The maximum atomic E-state index is 11.7. The average Bonchev–Trinajstić information content (AvgIpc) is 2.45. The second kappa shape index (κ2) is 3.40. The molecule has 0 amide bonds. The van der Waals surface area contributed by atoms with Gasteiger partial charge < -0.3 is 5.73 Å². The molecule has 0 aromatic carbocycles. The Kier molecular flexibility index (Phi) is 2.41. The highest BCUT2D eigenvalue weighted by Crippen LogP contribution is 2.32. The maximum Gasteiger partial charge on any atom is 0.176 e. The van der Waals surface area contributed by atoms with Crippen molar-refractivity contribution in [2.75, 3.05) is 0 Å². The Bertz CT molecular complexity index is 330. The van der Waals surface area contributed by atoms with E-state index in [2.05, 4.69) is 0 Å². The zero-order valence-corrected chi connectivity index (χ0v) is 8.57.